The van der Waals surface area contributed by atoms with Crippen molar-refractivity contribution in [2.45, 2.75) is 39.7 Å². The molecule has 12 fully saturated rings. The molecule has 0 spiro atoms. The van der Waals surface area contributed by atoms with Crippen LogP contribution in [0, 0.1) is 71.0 Å². The number of aliphatic hydroxyl groups is 4. The van der Waals surface area contributed by atoms with Gasteiger partial charge in [0.15, 0.2) is 0 Å². The molecular formula is C20H16Br4O4. The van der Waals surface area contributed by atoms with Crippen LogP contribution in [-0.4, -0.2) is 60.1 Å². The molecule has 28 heavy (non-hydrogen) atoms. The first-order chi connectivity index (χ1) is 13.0. The lowest BCUT2D eigenvalue weighted by molar-refractivity contribution is -0.106. The second kappa shape index (κ2) is 3.01. The maximum Gasteiger partial charge on any atom is 0.0911 e. The molecule has 12 saturated carbocycles. The Hall–Kier alpha value is 1.76. The van der Waals surface area contributed by atoms with Gasteiger partial charge in [0.1, 0.15) is 0 Å². The van der Waals surface area contributed by atoms with Crippen molar-refractivity contribution in [3.8, 4) is 0 Å². The van der Waals surface area contributed by atoms with E-state index in [1.165, 1.54) is 0 Å². The topological polar surface area (TPSA) is 80.9 Å². The molecule has 148 valence electrons. The summed E-state index contributed by atoms with van der Waals surface area (Å²) in [6.45, 7) is 0. The summed E-state index contributed by atoms with van der Waals surface area (Å²) in [5, 5.41) is 50.4. The van der Waals surface area contributed by atoms with Crippen LogP contribution in [0.25, 0.3) is 0 Å². The minimum atomic E-state index is -1.01. The predicted molar refractivity (Wildman–Crippen MR) is 108 cm³/mol. The average Bonchev–Trinajstić information content (AvgIpc) is 3.39. The molecule has 0 bridgehead atoms. The van der Waals surface area contributed by atoms with E-state index in [1.54, 1.807) is 0 Å². The van der Waals surface area contributed by atoms with Crippen molar-refractivity contribution in [3.63, 3.8) is 0 Å². The molecule has 12 rings (SSSR count). The van der Waals surface area contributed by atoms with Gasteiger partial charge in [0.25, 0.3) is 0 Å². The average molecular weight is 640 g/mol. The van der Waals surface area contributed by atoms with E-state index >= 15 is 0 Å². The standard InChI is InChI=1S/C20H16Br4O4/c21-13-5-1-2-6-14(22)7(1)17(25)11-3-4-10(20(11,14)28)16(6,24)18(26,8(2)13)12(4)19(13,27)9(3)15(5,17)23/h1-12,25-28H/t1-,2+,3-,4+,5-,6-,7+,8+,9-,10-,11+,12+,13+,14+,15+,16+,17-,18-,19-,20-/m1/s1. The van der Waals surface area contributed by atoms with E-state index in [9.17, 15) is 20.4 Å². The highest BCUT2D eigenvalue weighted by Gasteiger charge is 3.18. The van der Waals surface area contributed by atoms with Gasteiger partial charge in [-0.05, 0) is 35.5 Å². The number of hydrogen-bond donors (Lipinski definition) is 4. The first-order valence-corrected chi connectivity index (χ1v) is 13.8. The van der Waals surface area contributed by atoms with E-state index in [4.69, 9.17) is 0 Å². The fraction of sp³-hybridized carbons (Fsp3) is 1.00. The Morgan fingerprint density at radius 1 is 0.357 bits per heavy atom. The third kappa shape index (κ3) is 0.658. The zero-order valence-corrected chi connectivity index (χ0v) is 20.6. The van der Waals surface area contributed by atoms with Gasteiger partial charge < -0.3 is 20.4 Å². The van der Waals surface area contributed by atoms with Crippen molar-refractivity contribution in [2.24, 2.45) is 71.0 Å². The smallest absolute Gasteiger partial charge is 0.0911 e. The fourth-order valence-corrected chi connectivity index (χ4v) is 23.0. The van der Waals surface area contributed by atoms with Crippen LogP contribution >= 0.6 is 63.7 Å². The summed E-state index contributed by atoms with van der Waals surface area (Å²) in [6.07, 6.45) is 0. The summed E-state index contributed by atoms with van der Waals surface area (Å²) in [5.41, 5.74) is -4.01. The van der Waals surface area contributed by atoms with Crippen LogP contribution in [0.5, 0.6) is 0 Å². The Balaban J connectivity index is 1.50. The predicted octanol–water partition coefficient (Wildman–Crippen LogP) is 0.990. The molecule has 8 heteroatoms. The van der Waals surface area contributed by atoms with Crippen molar-refractivity contribution < 1.29 is 20.4 Å². The van der Waals surface area contributed by atoms with Crippen molar-refractivity contribution >= 4 is 63.7 Å². The lowest BCUT2D eigenvalue weighted by Crippen LogP contribution is -2.60. The van der Waals surface area contributed by atoms with E-state index in [0.717, 1.165) is 0 Å². The first kappa shape index (κ1) is 15.6. The van der Waals surface area contributed by atoms with E-state index in [1.807, 2.05) is 0 Å². The summed E-state index contributed by atoms with van der Waals surface area (Å²) in [5.74, 6) is 0.114. The highest BCUT2D eigenvalue weighted by atomic mass is 79.9. The van der Waals surface area contributed by atoms with E-state index in [-0.39, 0.29) is 71.0 Å². The Labute approximate surface area is 193 Å². The van der Waals surface area contributed by atoms with Gasteiger partial charge in [-0.3, -0.25) is 0 Å². The van der Waals surface area contributed by atoms with Gasteiger partial charge >= 0.3 is 0 Å². The van der Waals surface area contributed by atoms with E-state index < -0.39 is 39.7 Å². The molecule has 12 aliphatic carbocycles. The minimum absolute atomic E-state index is 0.0181. The lowest BCUT2D eigenvalue weighted by Gasteiger charge is -2.46. The van der Waals surface area contributed by atoms with Crippen molar-refractivity contribution in [1.29, 1.82) is 0 Å². The summed E-state index contributed by atoms with van der Waals surface area (Å²) >= 11 is 16.7. The zero-order valence-electron chi connectivity index (χ0n) is 14.2. The monoisotopic (exact) mass is 636 g/mol. The highest BCUT2D eigenvalue weighted by molar-refractivity contribution is 9.11. The second-order valence-electron chi connectivity index (χ2n) is 12.5. The molecule has 0 radical (unpaired) electrons. The van der Waals surface area contributed by atoms with Gasteiger partial charge in [0.05, 0.1) is 39.7 Å². The third-order valence-corrected chi connectivity index (χ3v) is 20.3. The maximum absolute atomic E-state index is 12.6. The molecule has 4 nitrogen and oxygen atoms in total. The summed E-state index contributed by atoms with van der Waals surface area (Å²) in [4.78, 5) is 0. The molecule has 20 atom stereocenters. The number of hydrogen-bond acceptors (Lipinski definition) is 4. The molecule has 0 aromatic carbocycles. The van der Waals surface area contributed by atoms with E-state index in [0.29, 0.717) is 0 Å². The largest absolute Gasteiger partial charge is 0.388 e. The summed E-state index contributed by atoms with van der Waals surface area (Å²) in [7, 11) is 0. The summed E-state index contributed by atoms with van der Waals surface area (Å²) in [6, 6.07) is 0. The second-order valence-corrected chi connectivity index (χ2v) is 17.8. The van der Waals surface area contributed by atoms with Crippen LogP contribution in [0.2, 0.25) is 0 Å². The van der Waals surface area contributed by atoms with Gasteiger partial charge in [0.2, 0.25) is 0 Å². The van der Waals surface area contributed by atoms with Gasteiger partial charge in [-0.15, -0.1) is 0 Å². The Kier molecular flexibility index (Phi) is 1.68. The van der Waals surface area contributed by atoms with Gasteiger partial charge in [-0.25, -0.2) is 0 Å². The zero-order chi connectivity index (χ0) is 18.9. The van der Waals surface area contributed by atoms with Gasteiger partial charge in [-0.2, -0.15) is 0 Å². The number of halogens is 4. The van der Waals surface area contributed by atoms with E-state index in [2.05, 4.69) is 63.7 Å². The van der Waals surface area contributed by atoms with Gasteiger partial charge in [-0.1, -0.05) is 63.7 Å². The van der Waals surface area contributed by atoms with Crippen molar-refractivity contribution in [2.75, 3.05) is 0 Å². The van der Waals surface area contributed by atoms with Gasteiger partial charge in [0, 0.05) is 35.5 Å². The molecule has 0 heterocycles. The molecule has 4 N–H and O–H groups in total. The van der Waals surface area contributed by atoms with Crippen LogP contribution < -0.4 is 0 Å². The molecular weight excluding hydrogens is 624 g/mol. The third-order valence-electron chi connectivity index (χ3n) is 13.8. The normalized spacial score (nSPS) is 102. The van der Waals surface area contributed by atoms with Crippen LogP contribution in [0.15, 0.2) is 0 Å². The fourth-order valence-electron chi connectivity index (χ4n) is 15.1. The molecule has 0 aliphatic heterocycles. The molecule has 0 aromatic rings. The van der Waals surface area contributed by atoms with Crippen LogP contribution in [0.4, 0.5) is 0 Å². The SMILES string of the molecule is O[C@]12[C@H]3[C@@H]4[C@@H]5[C@@H]6[C@]7(O)[C@H]4[C@@]4(Br)[C@@H]8[C@H]9[C@H]%10[C@H]([C@]1(Br)[C@H]9[C@@]34O)[C@](Br)([C@@H]52)[C@@]6(O)[C@@H]%10[C@@]87Br. The summed E-state index contributed by atoms with van der Waals surface area (Å²) < 4.78 is -2.20. The number of alkyl halides is 4. The van der Waals surface area contributed by atoms with Crippen molar-refractivity contribution in [1.82, 2.24) is 0 Å². The Morgan fingerprint density at radius 2 is 0.571 bits per heavy atom. The molecule has 0 amide bonds. The van der Waals surface area contributed by atoms with Crippen molar-refractivity contribution in [3.05, 3.63) is 0 Å². The molecule has 0 unspecified atom stereocenters. The maximum atomic E-state index is 12.6. The molecule has 12 aliphatic rings. The first-order valence-electron chi connectivity index (χ1n) is 10.6. The minimum Gasteiger partial charge on any atom is -0.388 e. The van der Waals surface area contributed by atoms with Crippen LogP contribution in [0.3, 0.4) is 0 Å². The number of rotatable bonds is 0. The Bertz CT molecular complexity index is 810. The Morgan fingerprint density at radius 3 is 0.821 bits per heavy atom. The quantitative estimate of drug-likeness (QED) is 0.298. The lowest BCUT2D eigenvalue weighted by atomic mass is 9.72. The van der Waals surface area contributed by atoms with Crippen LogP contribution in [-0.2, 0) is 0 Å². The molecule has 0 saturated heterocycles. The van der Waals surface area contributed by atoms with Crippen LogP contribution in [0.1, 0.15) is 0 Å². The highest BCUT2D eigenvalue weighted by Crippen LogP contribution is 3.09. The molecule has 0 aromatic heterocycles.